The Labute approximate surface area is 118 Å². The van der Waals surface area contributed by atoms with E-state index in [2.05, 4.69) is 4.90 Å². The lowest BCUT2D eigenvalue weighted by Gasteiger charge is -2.31. The minimum absolute atomic E-state index is 0.0443. The molecule has 0 aliphatic carbocycles. The third-order valence-electron chi connectivity index (χ3n) is 3.65. The summed E-state index contributed by atoms with van der Waals surface area (Å²) >= 11 is 0. The number of methoxy groups -OCH3 is 1. The van der Waals surface area contributed by atoms with E-state index in [1.165, 1.54) is 18.2 Å². The number of rotatable bonds is 5. The van der Waals surface area contributed by atoms with Crippen molar-refractivity contribution in [2.45, 2.75) is 12.8 Å². The predicted molar refractivity (Wildman–Crippen MR) is 75.1 cm³/mol. The third kappa shape index (κ3) is 3.71. The Morgan fingerprint density at radius 2 is 2.25 bits per heavy atom. The van der Waals surface area contributed by atoms with Crippen LogP contribution in [0.2, 0.25) is 0 Å². The molecule has 20 heavy (non-hydrogen) atoms. The first-order chi connectivity index (χ1) is 9.60. The van der Waals surface area contributed by atoms with Crippen molar-refractivity contribution in [2.75, 3.05) is 33.4 Å². The fourth-order valence-corrected chi connectivity index (χ4v) is 2.71. The largest absolute Gasteiger partial charge is 0.508 e. The van der Waals surface area contributed by atoms with Crippen molar-refractivity contribution < 1.29 is 19.7 Å². The highest BCUT2D eigenvalue weighted by molar-refractivity contribution is 6.00. The molecule has 5 nitrogen and oxygen atoms in total. The molecule has 1 aromatic carbocycles. The summed E-state index contributed by atoms with van der Waals surface area (Å²) in [6.07, 6.45) is 2.19. The molecule has 0 spiro atoms. The average molecular weight is 279 g/mol. The third-order valence-corrected chi connectivity index (χ3v) is 3.65. The molecule has 0 radical (unpaired) electrons. The van der Waals surface area contributed by atoms with Crippen LogP contribution >= 0.6 is 0 Å². The van der Waals surface area contributed by atoms with Gasteiger partial charge in [0.2, 0.25) is 0 Å². The highest BCUT2D eigenvalue weighted by Gasteiger charge is 2.22. The van der Waals surface area contributed by atoms with Crippen LogP contribution < -0.4 is 0 Å². The summed E-state index contributed by atoms with van der Waals surface area (Å²) in [5.74, 6) is 0.133. The van der Waals surface area contributed by atoms with Crippen molar-refractivity contribution >= 4 is 5.78 Å². The smallest absolute Gasteiger partial charge is 0.180 e. The van der Waals surface area contributed by atoms with Gasteiger partial charge in [0.05, 0.1) is 18.7 Å². The second-order valence-corrected chi connectivity index (χ2v) is 5.32. The zero-order valence-corrected chi connectivity index (χ0v) is 11.7. The molecule has 5 heteroatoms. The Hall–Kier alpha value is -1.59. The zero-order valence-electron chi connectivity index (χ0n) is 11.7. The number of ether oxygens (including phenoxy) is 1. The maximum atomic E-state index is 12.2. The maximum Gasteiger partial charge on any atom is 0.180 e. The first-order valence-electron chi connectivity index (χ1n) is 6.86. The highest BCUT2D eigenvalue weighted by Crippen LogP contribution is 2.24. The SMILES string of the molecule is COCC1CCCN(CC(=O)c2ccc(O)cc2O)C1. The molecule has 110 valence electrons. The van der Waals surface area contributed by atoms with Gasteiger partial charge in [-0.1, -0.05) is 0 Å². The molecule has 0 bridgehead atoms. The van der Waals surface area contributed by atoms with Crippen LogP contribution in [0.5, 0.6) is 11.5 Å². The van der Waals surface area contributed by atoms with Gasteiger partial charge in [0.15, 0.2) is 5.78 Å². The maximum absolute atomic E-state index is 12.2. The Morgan fingerprint density at radius 1 is 1.45 bits per heavy atom. The molecule has 2 N–H and O–H groups in total. The van der Waals surface area contributed by atoms with Crippen LogP contribution in [0.3, 0.4) is 0 Å². The van der Waals surface area contributed by atoms with Crippen LogP contribution in [0.1, 0.15) is 23.2 Å². The molecule has 1 heterocycles. The fraction of sp³-hybridized carbons (Fsp3) is 0.533. The van der Waals surface area contributed by atoms with Gasteiger partial charge in [-0.2, -0.15) is 0 Å². The van der Waals surface area contributed by atoms with Gasteiger partial charge in [0.1, 0.15) is 11.5 Å². The van der Waals surface area contributed by atoms with Crippen molar-refractivity contribution in [3.8, 4) is 11.5 Å². The number of hydrogen-bond acceptors (Lipinski definition) is 5. The lowest BCUT2D eigenvalue weighted by Crippen LogP contribution is -2.40. The number of hydrogen-bond donors (Lipinski definition) is 2. The number of ketones is 1. The highest BCUT2D eigenvalue weighted by atomic mass is 16.5. The van der Waals surface area contributed by atoms with Gasteiger partial charge in [-0.25, -0.2) is 0 Å². The number of benzene rings is 1. The number of carbonyl (C=O) groups is 1. The monoisotopic (exact) mass is 279 g/mol. The Morgan fingerprint density at radius 3 is 2.95 bits per heavy atom. The van der Waals surface area contributed by atoms with Gasteiger partial charge >= 0.3 is 0 Å². The molecular weight excluding hydrogens is 258 g/mol. The van der Waals surface area contributed by atoms with Gasteiger partial charge in [0.25, 0.3) is 0 Å². The van der Waals surface area contributed by atoms with Crippen LogP contribution in [0, 0.1) is 5.92 Å². The topological polar surface area (TPSA) is 70.0 Å². The van der Waals surface area contributed by atoms with Crippen molar-refractivity contribution in [3.63, 3.8) is 0 Å². The number of Topliss-reactive ketones (excluding diaryl/α,β-unsaturated/α-hetero) is 1. The first kappa shape index (κ1) is 14.8. The summed E-state index contributed by atoms with van der Waals surface area (Å²) in [4.78, 5) is 14.3. The van der Waals surface area contributed by atoms with Gasteiger partial charge < -0.3 is 14.9 Å². The minimum Gasteiger partial charge on any atom is -0.508 e. The van der Waals surface area contributed by atoms with Gasteiger partial charge in [0, 0.05) is 19.7 Å². The number of carbonyl (C=O) groups excluding carboxylic acids is 1. The fourth-order valence-electron chi connectivity index (χ4n) is 2.71. The molecule has 0 aromatic heterocycles. The summed E-state index contributed by atoms with van der Waals surface area (Å²) in [6, 6.07) is 4.07. The van der Waals surface area contributed by atoms with Crippen LogP contribution in [0.4, 0.5) is 0 Å². The number of phenolic OH excluding ortho intramolecular Hbond substituents is 2. The van der Waals surface area contributed by atoms with E-state index in [1.54, 1.807) is 7.11 Å². The lowest BCUT2D eigenvalue weighted by molar-refractivity contribution is 0.0756. The van der Waals surface area contributed by atoms with Crippen LogP contribution in [-0.2, 0) is 4.74 Å². The number of nitrogens with zero attached hydrogens (tertiary/aromatic N) is 1. The van der Waals surface area contributed by atoms with E-state index in [1.807, 2.05) is 0 Å². The average Bonchev–Trinajstić information content (AvgIpc) is 2.39. The summed E-state index contributed by atoms with van der Waals surface area (Å²) < 4.78 is 5.17. The van der Waals surface area contributed by atoms with E-state index in [0.717, 1.165) is 32.5 Å². The normalized spacial score (nSPS) is 19.9. The van der Waals surface area contributed by atoms with Crippen molar-refractivity contribution in [1.82, 2.24) is 4.90 Å². The Bertz CT molecular complexity index is 473. The van der Waals surface area contributed by atoms with Crippen molar-refractivity contribution in [3.05, 3.63) is 23.8 Å². The molecule has 1 aliphatic heterocycles. The van der Waals surface area contributed by atoms with Crippen molar-refractivity contribution in [2.24, 2.45) is 5.92 Å². The molecule has 0 saturated carbocycles. The summed E-state index contributed by atoms with van der Waals surface area (Å²) in [5, 5.41) is 18.9. The zero-order chi connectivity index (χ0) is 14.5. The summed E-state index contributed by atoms with van der Waals surface area (Å²) in [5.41, 5.74) is 0.261. The van der Waals surface area contributed by atoms with E-state index in [0.29, 0.717) is 12.5 Å². The minimum atomic E-state index is -0.166. The van der Waals surface area contributed by atoms with E-state index < -0.39 is 0 Å². The number of aromatic hydroxyl groups is 2. The van der Waals surface area contributed by atoms with Gasteiger partial charge in [-0.15, -0.1) is 0 Å². The summed E-state index contributed by atoms with van der Waals surface area (Å²) in [7, 11) is 1.69. The first-order valence-corrected chi connectivity index (χ1v) is 6.86. The van der Waals surface area contributed by atoms with E-state index in [4.69, 9.17) is 4.74 Å². The molecule has 2 rings (SSSR count). The quantitative estimate of drug-likeness (QED) is 0.802. The van der Waals surface area contributed by atoms with E-state index >= 15 is 0 Å². The van der Waals surface area contributed by atoms with Crippen LogP contribution in [0.25, 0.3) is 0 Å². The Kier molecular flexibility index (Phi) is 4.98. The second kappa shape index (κ2) is 6.72. The molecule has 1 unspecified atom stereocenters. The molecule has 1 aliphatic rings. The van der Waals surface area contributed by atoms with Crippen LogP contribution in [-0.4, -0.2) is 54.2 Å². The standard InChI is InChI=1S/C15H21NO4/c1-20-10-11-3-2-6-16(8-11)9-15(19)13-5-4-12(17)7-14(13)18/h4-5,7,11,17-18H,2-3,6,8-10H2,1H3. The predicted octanol–water partition coefficient (Wildman–Crippen LogP) is 1.64. The number of piperidine rings is 1. The summed E-state index contributed by atoms with van der Waals surface area (Å²) in [6.45, 7) is 2.75. The molecule has 1 aromatic rings. The second-order valence-electron chi connectivity index (χ2n) is 5.32. The molecule has 1 fully saturated rings. The molecule has 1 atom stereocenters. The number of phenols is 2. The van der Waals surface area contributed by atoms with E-state index in [-0.39, 0.29) is 22.8 Å². The molecular formula is C15H21NO4. The Balaban J connectivity index is 1.97. The van der Waals surface area contributed by atoms with Gasteiger partial charge in [-0.05, 0) is 37.4 Å². The number of likely N-dealkylation sites (tertiary alicyclic amines) is 1. The van der Waals surface area contributed by atoms with E-state index in [9.17, 15) is 15.0 Å². The van der Waals surface area contributed by atoms with Crippen molar-refractivity contribution in [1.29, 1.82) is 0 Å². The van der Waals surface area contributed by atoms with Gasteiger partial charge in [-0.3, -0.25) is 9.69 Å². The molecule has 1 saturated heterocycles. The molecule has 0 amide bonds. The lowest BCUT2D eigenvalue weighted by atomic mass is 9.98. The van der Waals surface area contributed by atoms with Crippen LogP contribution in [0.15, 0.2) is 18.2 Å².